The molecule has 102 valence electrons. The van der Waals surface area contributed by atoms with E-state index in [1.807, 2.05) is 38.1 Å². The fraction of sp³-hybridized carbons (Fsp3) is 0.600. The molecule has 0 bridgehead atoms. The fourth-order valence-electron chi connectivity index (χ4n) is 2.30. The highest BCUT2D eigenvalue weighted by atomic mass is 16.5. The van der Waals surface area contributed by atoms with Gasteiger partial charge < -0.3 is 14.9 Å². The monoisotopic (exact) mass is 252 g/mol. The maximum atomic E-state index is 10.1. The topological polar surface area (TPSA) is 49.7 Å². The van der Waals surface area contributed by atoms with Crippen molar-refractivity contribution in [2.45, 2.75) is 45.3 Å². The molecule has 0 radical (unpaired) electrons. The van der Waals surface area contributed by atoms with Crippen molar-refractivity contribution >= 4 is 0 Å². The van der Waals surface area contributed by atoms with E-state index in [4.69, 9.17) is 4.74 Å². The van der Waals surface area contributed by atoms with Gasteiger partial charge in [0, 0.05) is 6.42 Å². The maximum absolute atomic E-state index is 10.1. The van der Waals surface area contributed by atoms with E-state index < -0.39 is 12.2 Å². The lowest BCUT2D eigenvalue weighted by molar-refractivity contribution is -0.0189. The highest BCUT2D eigenvalue weighted by Gasteiger charge is 2.24. The summed E-state index contributed by atoms with van der Waals surface area (Å²) < 4.78 is 5.25. The van der Waals surface area contributed by atoms with Crippen LogP contribution in [0.25, 0.3) is 0 Å². The summed E-state index contributed by atoms with van der Waals surface area (Å²) in [5.74, 6) is 0.906. The molecule has 1 aromatic carbocycles. The fourth-order valence-corrected chi connectivity index (χ4v) is 2.30. The van der Waals surface area contributed by atoms with Gasteiger partial charge in [-0.15, -0.1) is 0 Å². The van der Waals surface area contributed by atoms with Gasteiger partial charge in [0.2, 0.25) is 0 Å². The van der Waals surface area contributed by atoms with Crippen LogP contribution in [0.4, 0.5) is 0 Å². The van der Waals surface area contributed by atoms with E-state index in [-0.39, 0.29) is 5.92 Å². The van der Waals surface area contributed by atoms with Crippen molar-refractivity contribution in [3.8, 4) is 5.75 Å². The van der Waals surface area contributed by atoms with Crippen molar-refractivity contribution in [1.29, 1.82) is 0 Å². The minimum atomic E-state index is -0.744. The zero-order chi connectivity index (χ0) is 13.5. The number of rotatable bonds is 7. The molecule has 0 heterocycles. The van der Waals surface area contributed by atoms with Gasteiger partial charge in [-0.25, -0.2) is 0 Å². The van der Waals surface area contributed by atoms with Crippen LogP contribution in [0.1, 0.15) is 32.3 Å². The summed E-state index contributed by atoms with van der Waals surface area (Å²) in [5, 5.41) is 20.2. The van der Waals surface area contributed by atoms with Crippen LogP contribution in [0.15, 0.2) is 24.3 Å². The third kappa shape index (κ3) is 3.72. The lowest BCUT2D eigenvalue weighted by atomic mass is 9.90. The third-order valence-corrected chi connectivity index (χ3v) is 3.55. The SMILES string of the molecule is CCC(CC)C(O)C(O)Cc1ccccc1OC. The Morgan fingerprint density at radius 1 is 1.11 bits per heavy atom. The Morgan fingerprint density at radius 2 is 1.72 bits per heavy atom. The third-order valence-electron chi connectivity index (χ3n) is 3.55. The second-order valence-electron chi connectivity index (χ2n) is 4.65. The first kappa shape index (κ1) is 15.0. The van der Waals surface area contributed by atoms with Crippen molar-refractivity contribution in [1.82, 2.24) is 0 Å². The molecule has 0 aliphatic carbocycles. The standard InChI is InChI=1S/C15H24O3/c1-4-11(5-2)15(17)13(16)10-12-8-6-7-9-14(12)18-3/h6-9,11,13,15-17H,4-5,10H2,1-3H3. The van der Waals surface area contributed by atoms with Crippen molar-refractivity contribution in [2.24, 2.45) is 5.92 Å². The van der Waals surface area contributed by atoms with Gasteiger partial charge in [-0.3, -0.25) is 0 Å². The van der Waals surface area contributed by atoms with Crippen molar-refractivity contribution in [2.75, 3.05) is 7.11 Å². The number of aliphatic hydroxyl groups excluding tert-OH is 2. The van der Waals surface area contributed by atoms with Crippen LogP contribution in [0.5, 0.6) is 5.75 Å². The number of hydrogen-bond acceptors (Lipinski definition) is 3. The van der Waals surface area contributed by atoms with Gasteiger partial charge >= 0.3 is 0 Å². The van der Waals surface area contributed by atoms with Crippen LogP contribution in [-0.2, 0) is 6.42 Å². The number of para-hydroxylation sites is 1. The van der Waals surface area contributed by atoms with Crippen LogP contribution in [-0.4, -0.2) is 29.5 Å². The molecule has 0 saturated carbocycles. The molecule has 0 aliphatic heterocycles. The Labute approximate surface area is 109 Å². The second-order valence-corrected chi connectivity index (χ2v) is 4.65. The predicted octanol–water partition coefficient (Wildman–Crippen LogP) is 2.40. The molecule has 0 aliphatic rings. The lowest BCUT2D eigenvalue weighted by Gasteiger charge is -2.25. The predicted molar refractivity (Wildman–Crippen MR) is 72.8 cm³/mol. The summed E-state index contributed by atoms with van der Waals surface area (Å²) in [5.41, 5.74) is 0.928. The van der Waals surface area contributed by atoms with Crippen LogP contribution in [0.3, 0.4) is 0 Å². The molecule has 2 N–H and O–H groups in total. The minimum absolute atomic E-state index is 0.148. The van der Waals surface area contributed by atoms with E-state index >= 15 is 0 Å². The molecule has 18 heavy (non-hydrogen) atoms. The molecule has 0 saturated heterocycles. The van der Waals surface area contributed by atoms with Gasteiger partial charge in [-0.1, -0.05) is 44.9 Å². The van der Waals surface area contributed by atoms with Crippen molar-refractivity contribution in [3.63, 3.8) is 0 Å². The molecule has 2 atom stereocenters. The van der Waals surface area contributed by atoms with Crippen LogP contribution >= 0.6 is 0 Å². The van der Waals surface area contributed by atoms with Gasteiger partial charge in [0.1, 0.15) is 5.75 Å². The molecule has 1 aromatic rings. The highest BCUT2D eigenvalue weighted by Crippen LogP contribution is 2.23. The first-order chi connectivity index (χ1) is 8.63. The van der Waals surface area contributed by atoms with E-state index in [2.05, 4.69) is 0 Å². The summed E-state index contributed by atoms with van der Waals surface area (Å²) in [6.07, 6.45) is 0.749. The molecule has 1 rings (SSSR count). The minimum Gasteiger partial charge on any atom is -0.496 e. The Kier molecular flexibility index (Phi) is 6.16. The van der Waals surface area contributed by atoms with E-state index in [0.29, 0.717) is 6.42 Å². The molecule has 3 heteroatoms. The van der Waals surface area contributed by atoms with Crippen molar-refractivity contribution < 1.29 is 14.9 Å². The molecule has 2 unspecified atom stereocenters. The van der Waals surface area contributed by atoms with Crippen LogP contribution < -0.4 is 4.74 Å². The Morgan fingerprint density at radius 3 is 2.28 bits per heavy atom. The van der Waals surface area contributed by atoms with Crippen molar-refractivity contribution in [3.05, 3.63) is 29.8 Å². The largest absolute Gasteiger partial charge is 0.496 e. The molecular weight excluding hydrogens is 228 g/mol. The highest BCUT2D eigenvalue weighted by molar-refractivity contribution is 5.33. The average Bonchev–Trinajstić information content (AvgIpc) is 2.40. The number of hydrogen-bond donors (Lipinski definition) is 2. The van der Waals surface area contributed by atoms with Crippen LogP contribution in [0.2, 0.25) is 0 Å². The van der Waals surface area contributed by atoms with Crippen LogP contribution in [0, 0.1) is 5.92 Å². The Hall–Kier alpha value is -1.06. The molecule has 0 aromatic heterocycles. The molecule has 0 fully saturated rings. The van der Waals surface area contributed by atoms with Gasteiger partial charge in [-0.05, 0) is 17.5 Å². The summed E-state index contributed by atoms with van der Waals surface area (Å²) in [6, 6.07) is 7.59. The van der Waals surface area contributed by atoms with Gasteiger partial charge in [0.05, 0.1) is 19.3 Å². The number of benzene rings is 1. The van der Waals surface area contributed by atoms with E-state index in [0.717, 1.165) is 24.2 Å². The van der Waals surface area contributed by atoms with Gasteiger partial charge in [-0.2, -0.15) is 0 Å². The molecule has 3 nitrogen and oxygen atoms in total. The van der Waals surface area contributed by atoms with E-state index in [1.54, 1.807) is 7.11 Å². The van der Waals surface area contributed by atoms with E-state index in [1.165, 1.54) is 0 Å². The second kappa shape index (κ2) is 7.39. The lowest BCUT2D eigenvalue weighted by Crippen LogP contribution is -2.34. The zero-order valence-corrected chi connectivity index (χ0v) is 11.5. The summed E-state index contributed by atoms with van der Waals surface area (Å²) in [7, 11) is 1.61. The normalized spacial score (nSPS) is 14.6. The number of methoxy groups -OCH3 is 1. The van der Waals surface area contributed by atoms with Gasteiger partial charge in [0.25, 0.3) is 0 Å². The summed E-state index contributed by atoms with van der Waals surface area (Å²) in [4.78, 5) is 0. The molecular formula is C15H24O3. The maximum Gasteiger partial charge on any atom is 0.122 e. The number of ether oxygens (including phenoxy) is 1. The smallest absolute Gasteiger partial charge is 0.122 e. The van der Waals surface area contributed by atoms with Gasteiger partial charge in [0.15, 0.2) is 0 Å². The molecule has 0 spiro atoms. The first-order valence-electron chi connectivity index (χ1n) is 6.62. The Balaban J connectivity index is 2.71. The zero-order valence-electron chi connectivity index (χ0n) is 11.5. The quantitative estimate of drug-likeness (QED) is 0.783. The summed E-state index contributed by atoms with van der Waals surface area (Å²) >= 11 is 0. The Bertz CT molecular complexity index is 347. The summed E-state index contributed by atoms with van der Waals surface area (Å²) in [6.45, 7) is 4.07. The number of aliphatic hydroxyl groups is 2. The first-order valence-corrected chi connectivity index (χ1v) is 6.62. The average molecular weight is 252 g/mol. The van der Waals surface area contributed by atoms with E-state index in [9.17, 15) is 10.2 Å². The molecule has 0 amide bonds.